The molecular weight excluding hydrogens is 218 g/mol. The minimum absolute atomic E-state index is 0.417. The van der Waals surface area contributed by atoms with Crippen molar-refractivity contribution in [3.63, 3.8) is 0 Å². The van der Waals surface area contributed by atoms with E-state index < -0.39 is 6.10 Å². The van der Waals surface area contributed by atoms with Crippen LogP contribution >= 0.6 is 11.8 Å². The summed E-state index contributed by atoms with van der Waals surface area (Å²) in [4.78, 5) is 4.40. The van der Waals surface area contributed by atoms with E-state index in [9.17, 15) is 5.11 Å². The van der Waals surface area contributed by atoms with Gasteiger partial charge >= 0.3 is 0 Å². The fraction of sp³-hybridized carbons (Fsp3) is 0.615. The first-order chi connectivity index (χ1) is 7.77. The predicted octanol–water partition coefficient (Wildman–Crippen LogP) is 3.56. The lowest BCUT2D eigenvalue weighted by molar-refractivity contribution is 0.195. The molecule has 1 aliphatic rings. The SMILES string of the molecule is CC(O)c1cccnc1SC1CCCCC1. The van der Waals surface area contributed by atoms with Gasteiger partial charge in [0.2, 0.25) is 0 Å². The Morgan fingerprint density at radius 2 is 2.12 bits per heavy atom. The van der Waals surface area contributed by atoms with Crippen LogP contribution in [0, 0.1) is 0 Å². The number of pyridine rings is 1. The van der Waals surface area contributed by atoms with Crippen molar-refractivity contribution in [2.75, 3.05) is 0 Å². The van der Waals surface area contributed by atoms with Gasteiger partial charge in [0.25, 0.3) is 0 Å². The number of aliphatic hydroxyl groups excluding tert-OH is 1. The zero-order valence-electron chi connectivity index (χ0n) is 9.72. The molecule has 0 saturated heterocycles. The smallest absolute Gasteiger partial charge is 0.102 e. The van der Waals surface area contributed by atoms with Crippen LogP contribution in [0.3, 0.4) is 0 Å². The molecule has 0 bridgehead atoms. The highest BCUT2D eigenvalue weighted by Crippen LogP contribution is 2.35. The predicted molar refractivity (Wildman–Crippen MR) is 67.6 cm³/mol. The third-order valence-electron chi connectivity index (χ3n) is 3.08. The molecule has 16 heavy (non-hydrogen) atoms. The van der Waals surface area contributed by atoms with Crippen molar-refractivity contribution in [3.05, 3.63) is 23.9 Å². The minimum atomic E-state index is -0.417. The van der Waals surface area contributed by atoms with Crippen LogP contribution in [0.2, 0.25) is 0 Å². The van der Waals surface area contributed by atoms with Gasteiger partial charge in [-0.25, -0.2) is 4.98 Å². The van der Waals surface area contributed by atoms with Gasteiger partial charge in [0.1, 0.15) is 5.03 Å². The quantitative estimate of drug-likeness (QED) is 0.872. The summed E-state index contributed by atoms with van der Waals surface area (Å²) in [6, 6.07) is 3.87. The van der Waals surface area contributed by atoms with Crippen LogP contribution in [0.25, 0.3) is 0 Å². The third kappa shape index (κ3) is 2.98. The second-order valence-corrected chi connectivity index (χ2v) is 5.74. The van der Waals surface area contributed by atoms with Gasteiger partial charge in [0, 0.05) is 17.0 Å². The normalized spacial score (nSPS) is 19.6. The Kier molecular flexibility index (Phi) is 4.24. The van der Waals surface area contributed by atoms with Gasteiger partial charge in [-0.1, -0.05) is 25.3 Å². The Morgan fingerprint density at radius 3 is 2.81 bits per heavy atom. The maximum absolute atomic E-state index is 9.68. The zero-order chi connectivity index (χ0) is 11.4. The lowest BCUT2D eigenvalue weighted by atomic mass is 10.0. The van der Waals surface area contributed by atoms with Crippen LogP contribution in [0.15, 0.2) is 23.4 Å². The molecule has 2 rings (SSSR count). The Labute approximate surface area is 101 Å². The highest BCUT2D eigenvalue weighted by Gasteiger charge is 2.18. The van der Waals surface area contributed by atoms with E-state index in [4.69, 9.17) is 0 Å². The summed E-state index contributed by atoms with van der Waals surface area (Å²) in [5.41, 5.74) is 0.970. The van der Waals surface area contributed by atoms with Gasteiger partial charge in [-0.15, -0.1) is 11.8 Å². The van der Waals surface area contributed by atoms with E-state index in [1.807, 2.05) is 37.0 Å². The van der Waals surface area contributed by atoms with Crippen LogP contribution in [0.1, 0.15) is 50.7 Å². The summed E-state index contributed by atoms with van der Waals surface area (Å²) in [6.07, 6.45) is 8.05. The first kappa shape index (κ1) is 11.9. The van der Waals surface area contributed by atoms with Crippen LogP contribution in [0.5, 0.6) is 0 Å². The number of nitrogens with zero attached hydrogens (tertiary/aromatic N) is 1. The largest absolute Gasteiger partial charge is 0.389 e. The summed E-state index contributed by atoms with van der Waals surface area (Å²) in [5, 5.41) is 11.4. The van der Waals surface area contributed by atoms with Crippen LogP contribution < -0.4 is 0 Å². The molecule has 88 valence electrons. The van der Waals surface area contributed by atoms with Crippen molar-refractivity contribution in [2.45, 2.75) is 55.4 Å². The molecule has 1 aromatic heterocycles. The van der Waals surface area contributed by atoms with Gasteiger partial charge in [0.15, 0.2) is 0 Å². The molecule has 1 saturated carbocycles. The minimum Gasteiger partial charge on any atom is -0.389 e. The molecule has 1 N–H and O–H groups in total. The number of rotatable bonds is 3. The van der Waals surface area contributed by atoms with E-state index in [0.29, 0.717) is 5.25 Å². The molecular formula is C13H19NOS. The number of thioether (sulfide) groups is 1. The maximum Gasteiger partial charge on any atom is 0.102 e. The highest BCUT2D eigenvalue weighted by atomic mass is 32.2. The molecule has 1 aromatic rings. The summed E-state index contributed by atoms with van der Waals surface area (Å²) >= 11 is 1.85. The van der Waals surface area contributed by atoms with Crippen LogP contribution in [0.4, 0.5) is 0 Å². The molecule has 1 atom stereocenters. The third-order valence-corrected chi connectivity index (χ3v) is 4.45. The maximum atomic E-state index is 9.68. The number of aromatic nitrogens is 1. The van der Waals surface area contributed by atoms with Gasteiger partial charge in [0.05, 0.1) is 6.10 Å². The Bertz CT molecular complexity index is 334. The first-order valence-electron chi connectivity index (χ1n) is 6.07. The van der Waals surface area contributed by atoms with Crippen molar-refractivity contribution in [3.8, 4) is 0 Å². The fourth-order valence-corrected chi connectivity index (χ4v) is 3.54. The van der Waals surface area contributed by atoms with E-state index in [0.717, 1.165) is 10.6 Å². The van der Waals surface area contributed by atoms with Crippen molar-refractivity contribution >= 4 is 11.8 Å². The molecule has 1 aliphatic carbocycles. The van der Waals surface area contributed by atoms with Crippen molar-refractivity contribution in [1.29, 1.82) is 0 Å². The molecule has 1 heterocycles. The lowest BCUT2D eigenvalue weighted by Gasteiger charge is -2.21. The zero-order valence-corrected chi connectivity index (χ0v) is 10.5. The lowest BCUT2D eigenvalue weighted by Crippen LogP contribution is -2.09. The van der Waals surface area contributed by atoms with Crippen molar-refractivity contribution in [1.82, 2.24) is 4.98 Å². The summed E-state index contributed by atoms with van der Waals surface area (Å²) < 4.78 is 0. The molecule has 1 fully saturated rings. The standard InChI is InChI=1S/C13H19NOS/c1-10(15)12-8-5-9-14-13(12)16-11-6-3-2-4-7-11/h5,8-11,15H,2-4,6-7H2,1H3. The van der Waals surface area contributed by atoms with Gasteiger partial charge in [-0.2, -0.15) is 0 Å². The van der Waals surface area contributed by atoms with Crippen molar-refractivity contribution in [2.24, 2.45) is 0 Å². The average molecular weight is 237 g/mol. The van der Waals surface area contributed by atoms with Crippen molar-refractivity contribution < 1.29 is 5.11 Å². The van der Waals surface area contributed by atoms with Crippen LogP contribution in [-0.2, 0) is 0 Å². The fourth-order valence-electron chi connectivity index (χ4n) is 2.16. The molecule has 1 unspecified atom stereocenters. The first-order valence-corrected chi connectivity index (χ1v) is 6.95. The number of aliphatic hydroxyl groups is 1. The van der Waals surface area contributed by atoms with E-state index in [2.05, 4.69) is 4.98 Å². The molecule has 0 aliphatic heterocycles. The Hall–Kier alpha value is -0.540. The molecule has 0 spiro atoms. The summed E-state index contributed by atoms with van der Waals surface area (Å²) in [6.45, 7) is 1.81. The van der Waals surface area contributed by atoms with E-state index in [-0.39, 0.29) is 0 Å². The topological polar surface area (TPSA) is 33.1 Å². The van der Waals surface area contributed by atoms with Crippen LogP contribution in [-0.4, -0.2) is 15.3 Å². The molecule has 0 radical (unpaired) electrons. The molecule has 2 nitrogen and oxygen atoms in total. The summed E-state index contributed by atoms with van der Waals surface area (Å²) in [5.74, 6) is 0. The van der Waals surface area contributed by atoms with Gasteiger partial charge in [-0.3, -0.25) is 0 Å². The van der Waals surface area contributed by atoms with Gasteiger partial charge < -0.3 is 5.11 Å². The van der Waals surface area contributed by atoms with E-state index >= 15 is 0 Å². The summed E-state index contributed by atoms with van der Waals surface area (Å²) in [7, 11) is 0. The number of hydrogen-bond acceptors (Lipinski definition) is 3. The second kappa shape index (κ2) is 5.69. The molecule has 3 heteroatoms. The van der Waals surface area contributed by atoms with E-state index in [1.165, 1.54) is 32.1 Å². The highest BCUT2D eigenvalue weighted by molar-refractivity contribution is 7.99. The monoisotopic (exact) mass is 237 g/mol. The Balaban J connectivity index is 2.07. The Morgan fingerprint density at radius 1 is 1.38 bits per heavy atom. The van der Waals surface area contributed by atoms with Gasteiger partial charge in [-0.05, 0) is 25.8 Å². The molecule has 0 aromatic carbocycles. The second-order valence-electron chi connectivity index (χ2n) is 4.45. The average Bonchev–Trinajstić information content (AvgIpc) is 2.31. The van der Waals surface area contributed by atoms with E-state index in [1.54, 1.807) is 0 Å². The molecule has 0 amide bonds. The number of hydrogen-bond donors (Lipinski definition) is 1.